The van der Waals surface area contributed by atoms with Crippen LogP contribution in [0.25, 0.3) is 0 Å². The van der Waals surface area contributed by atoms with Gasteiger partial charge in [-0.3, -0.25) is 0 Å². The average Bonchev–Trinajstić information content (AvgIpc) is 1.83. The summed E-state index contributed by atoms with van der Waals surface area (Å²) in [6.07, 6.45) is 3.09. The Labute approximate surface area is 56.8 Å². The minimum Gasteiger partial charge on any atom is -0.212 e. The Morgan fingerprint density at radius 1 is 1.56 bits per heavy atom. The molecular formula is C8H15F. The molecule has 0 saturated carbocycles. The zero-order valence-corrected chi connectivity index (χ0v) is 6.45. The highest BCUT2D eigenvalue weighted by Gasteiger charge is 1.95. The van der Waals surface area contributed by atoms with Gasteiger partial charge in [0.25, 0.3) is 0 Å². The van der Waals surface area contributed by atoms with E-state index in [4.69, 9.17) is 0 Å². The van der Waals surface area contributed by atoms with E-state index in [9.17, 15) is 4.39 Å². The molecule has 0 aliphatic heterocycles. The summed E-state index contributed by atoms with van der Waals surface area (Å²) in [5, 5.41) is 0. The van der Waals surface area contributed by atoms with Gasteiger partial charge in [-0.15, -0.1) is 0 Å². The van der Waals surface area contributed by atoms with E-state index >= 15 is 0 Å². The Morgan fingerprint density at radius 2 is 2.11 bits per heavy atom. The molecule has 0 fully saturated rings. The van der Waals surface area contributed by atoms with Crippen molar-refractivity contribution in [1.29, 1.82) is 0 Å². The largest absolute Gasteiger partial charge is 0.212 e. The van der Waals surface area contributed by atoms with Gasteiger partial charge in [0, 0.05) is 0 Å². The summed E-state index contributed by atoms with van der Waals surface area (Å²) in [6.45, 7) is 5.93. The van der Waals surface area contributed by atoms with Crippen molar-refractivity contribution in [3.63, 3.8) is 0 Å². The molecule has 0 aromatic heterocycles. The second-order valence-electron chi connectivity index (χ2n) is 2.67. The molecule has 0 spiro atoms. The van der Waals surface area contributed by atoms with Crippen molar-refractivity contribution in [3.05, 3.63) is 11.9 Å². The van der Waals surface area contributed by atoms with Crippen molar-refractivity contribution in [2.45, 2.75) is 33.6 Å². The first-order valence-electron chi connectivity index (χ1n) is 3.47. The Morgan fingerprint density at radius 3 is 2.44 bits per heavy atom. The summed E-state index contributed by atoms with van der Waals surface area (Å²) in [6, 6.07) is 0. The van der Waals surface area contributed by atoms with Crippen LogP contribution in [0.3, 0.4) is 0 Å². The van der Waals surface area contributed by atoms with E-state index in [1.54, 1.807) is 6.92 Å². The van der Waals surface area contributed by atoms with Crippen LogP contribution in [0, 0.1) is 5.92 Å². The minimum atomic E-state index is 0.0173. The molecule has 0 aromatic carbocycles. The van der Waals surface area contributed by atoms with Crippen LogP contribution in [-0.2, 0) is 0 Å². The molecule has 0 aliphatic carbocycles. The summed E-state index contributed by atoms with van der Waals surface area (Å²) >= 11 is 0. The maximum absolute atomic E-state index is 12.4. The molecule has 0 atom stereocenters. The van der Waals surface area contributed by atoms with Crippen LogP contribution >= 0.6 is 0 Å². The lowest BCUT2D eigenvalue weighted by Crippen LogP contribution is -1.86. The number of hydrogen-bond donors (Lipinski definition) is 0. The number of rotatable bonds is 3. The van der Waals surface area contributed by atoms with Crippen LogP contribution < -0.4 is 0 Å². The third-order valence-corrected chi connectivity index (χ3v) is 1.27. The molecule has 0 aromatic rings. The third-order valence-electron chi connectivity index (χ3n) is 1.27. The van der Waals surface area contributed by atoms with Gasteiger partial charge in [-0.05, 0) is 25.7 Å². The van der Waals surface area contributed by atoms with Crippen molar-refractivity contribution in [2.75, 3.05) is 0 Å². The highest BCUT2D eigenvalue weighted by molar-refractivity contribution is 4.87. The van der Waals surface area contributed by atoms with Gasteiger partial charge in [0.05, 0.1) is 5.83 Å². The summed E-state index contributed by atoms with van der Waals surface area (Å²) < 4.78 is 12.4. The van der Waals surface area contributed by atoms with Gasteiger partial charge in [-0.2, -0.15) is 0 Å². The van der Waals surface area contributed by atoms with Crippen LogP contribution in [0.15, 0.2) is 11.9 Å². The number of hydrogen-bond acceptors (Lipinski definition) is 0. The molecule has 0 rings (SSSR count). The highest BCUT2D eigenvalue weighted by Crippen LogP contribution is 2.11. The maximum Gasteiger partial charge on any atom is 0.0957 e. The van der Waals surface area contributed by atoms with Crippen LogP contribution in [0.5, 0.6) is 0 Å². The lowest BCUT2D eigenvalue weighted by molar-refractivity contribution is 0.511. The first-order chi connectivity index (χ1) is 4.16. The van der Waals surface area contributed by atoms with Crippen LogP contribution in [0.2, 0.25) is 0 Å². The Kier molecular flexibility index (Phi) is 4.37. The topological polar surface area (TPSA) is 0 Å². The fourth-order valence-electron chi connectivity index (χ4n) is 0.571. The standard InChI is InChI=1S/C8H15F/c1-4-8(9)6-5-7(2)3/h4,7H,5-6H2,1-3H3/b8-4+. The molecule has 1 heteroatoms. The first-order valence-corrected chi connectivity index (χ1v) is 3.47. The third kappa shape index (κ3) is 5.54. The van der Waals surface area contributed by atoms with E-state index in [-0.39, 0.29) is 5.83 Å². The van der Waals surface area contributed by atoms with Crippen molar-refractivity contribution in [2.24, 2.45) is 5.92 Å². The summed E-state index contributed by atoms with van der Waals surface area (Å²) in [4.78, 5) is 0. The zero-order valence-electron chi connectivity index (χ0n) is 6.45. The highest BCUT2D eigenvalue weighted by atomic mass is 19.1. The number of halogens is 1. The van der Waals surface area contributed by atoms with Crippen LogP contribution in [0.1, 0.15) is 33.6 Å². The molecule has 0 radical (unpaired) electrons. The monoisotopic (exact) mass is 130 g/mol. The van der Waals surface area contributed by atoms with Crippen molar-refractivity contribution in [3.8, 4) is 0 Å². The Hall–Kier alpha value is -0.330. The van der Waals surface area contributed by atoms with E-state index in [2.05, 4.69) is 13.8 Å². The van der Waals surface area contributed by atoms with Crippen LogP contribution in [0.4, 0.5) is 4.39 Å². The van der Waals surface area contributed by atoms with Crippen molar-refractivity contribution >= 4 is 0 Å². The molecule has 0 heterocycles. The van der Waals surface area contributed by atoms with Gasteiger partial charge >= 0.3 is 0 Å². The van der Waals surface area contributed by atoms with Gasteiger partial charge < -0.3 is 0 Å². The molecule has 9 heavy (non-hydrogen) atoms. The molecule has 0 amide bonds. The second kappa shape index (κ2) is 4.54. The molecule has 54 valence electrons. The van der Waals surface area contributed by atoms with Gasteiger partial charge in [-0.1, -0.05) is 19.9 Å². The van der Waals surface area contributed by atoms with E-state index in [0.29, 0.717) is 12.3 Å². The molecule has 0 saturated heterocycles. The fourth-order valence-corrected chi connectivity index (χ4v) is 0.571. The predicted octanol–water partition coefficient (Wildman–Crippen LogP) is 3.30. The van der Waals surface area contributed by atoms with Crippen LogP contribution in [-0.4, -0.2) is 0 Å². The van der Waals surface area contributed by atoms with Crippen molar-refractivity contribution < 1.29 is 4.39 Å². The summed E-state index contributed by atoms with van der Waals surface area (Å²) in [5.41, 5.74) is 0. The minimum absolute atomic E-state index is 0.0173. The molecule has 0 aliphatic rings. The zero-order chi connectivity index (χ0) is 7.28. The molecular weight excluding hydrogens is 115 g/mol. The molecule has 0 unspecified atom stereocenters. The van der Waals surface area contributed by atoms with E-state index in [1.165, 1.54) is 6.08 Å². The SMILES string of the molecule is C/C=C(/F)CCC(C)C. The van der Waals surface area contributed by atoms with E-state index in [0.717, 1.165) is 6.42 Å². The normalized spacial score (nSPS) is 12.8. The van der Waals surface area contributed by atoms with Gasteiger partial charge in [-0.25, -0.2) is 4.39 Å². The summed E-state index contributed by atoms with van der Waals surface area (Å²) in [5.74, 6) is 0.624. The quantitative estimate of drug-likeness (QED) is 0.550. The van der Waals surface area contributed by atoms with Gasteiger partial charge in [0.15, 0.2) is 0 Å². The fraction of sp³-hybridized carbons (Fsp3) is 0.750. The predicted molar refractivity (Wildman–Crippen MR) is 38.9 cm³/mol. The van der Waals surface area contributed by atoms with E-state index < -0.39 is 0 Å². The molecule has 0 N–H and O–H groups in total. The maximum atomic E-state index is 12.4. The second-order valence-corrected chi connectivity index (χ2v) is 2.67. The average molecular weight is 130 g/mol. The molecule has 0 bridgehead atoms. The smallest absolute Gasteiger partial charge is 0.0957 e. The lowest BCUT2D eigenvalue weighted by Gasteiger charge is -2.00. The lowest BCUT2D eigenvalue weighted by atomic mass is 10.1. The van der Waals surface area contributed by atoms with E-state index in [1.807, 2.05) is 0 Å². The van der Waals surface area contributed by atoms with Crippen molar-refractivity contribution in [1.82, 2.24) is 0 Å². The van der Waals surface area contributed by atoms with Gasteiger partial charge in [0.2, 0.25) is 0 Å². The molecule has 0 nitrogen and oxygen atoms in total. The van der Waals surface area contributed by atoms with Gasteiger partial charge in [0.1, 0.15) is 0 Å². The number of allylic oxidation sites excluding steroid dienone is 2. The summed E-state index contributed by atoms with van der Waals surface area (Å²) in [7, 11) is 0. The Balaban J connectivity index is 3.28. The Bertz CT molecular complexity index is 92.7. The first kappa shape index (κ1) is 8.67.